The summed E-state index contributed by atoms with van der Waals surface area (Å²) in [6.07, 6.45) is 92.7. The van der Waals surface area contributed by atoms with E-state index in [2.05, 4.69) is 118 Å². The monoisotopic (exact) mass is 1130 g/mol. The van der Waals surface area contributed by atoms with Gasteiger partial charge in [-0.2, -0.15) is 0 Å². The first-order chi connectivity index (χ1) is 40.0. The average Bonchev–Trinajstić information content (AvgIpc) is 3.47. The molecule has 0 radical (unpaired) electrons. The summed E-state index contributed by atoms with van der Waals surface area (Å²) in [5.74, 6) is -0.905. The van der Waals surface area contributed by atoms with Crippen molar-refractivity contribution in [3.8, 4) is 0 Å². The van der Waals surface area contributed by atoms with Crippen LogP contribution in [0.4, 0.5) is 0 Å². The first-order valence-electron chi connectivity index (χ1n) is 34.7. The van der Waals surface area contributed by atoms with Crippen molar-refractivity contribution >= 4 is 17.9 Å². The molecule has 0 aromatic rings. The van der Waals surface area contributed by atoms with E-state index in [1.165, 1.54) is 193 Å². The molecule has 0 aromatic heterocycles. The van der Waals surface area contributed by atoms with Gasteiger partial charge in [0.15, 0.2) is 6.10 Å². The molecule has 0 saturated carbocycles. The van der Waals surface area contributed by atoms with Crippen molar-refractivity contribution in [3.63, 3.8) is 0 Å². The smallest absolute Gasteiger partial charge is 0.306 e. The topological polar surface area (TPSA) is 78.9 Å². The number of unbranched alkanes of at least 4 members (excludes halogenated alkanes) is 36. The molecule has 1 unspecified atom stereocenters. The second-order valence-electron chi connectivity index (χ2n) is 23.1. The van der Waals surface area contributed by atoms with Gasteiger partial charge in [-0.15, -0.1) is 0 Å². The molecule has 0 aliphatic carbocycles. The molecule has 0 heterocycles. The largest absolute Gasteiger partial charge is 0.462 e. The number of hydrogen-bond donors (Lipinski definition) is 0. The number of carbonyl (C=O) groups excluding carboxylic acids is 3. The van der Waals surface area contributed by atoms with Crippen molar-refractivity contribution < 1.29 is 28.6 Å². The van der Waals surface area contributed by atoms with E-state index in [1.54, 1.807) is 0 Å². The maximum Gasteiger partial charge on any atom is 0.306 e. The fourth-order valence-corrected chi connectivity index (χ4v) is 9.78. The maximum absolute atomic E-state index is 13.0. The summed E-state index contributed by atoms with van der Waals surface area (Å²) in [6, 6.07) is 0. The van der Waals surface area contributed by atoms with Crippen LogP contribution in [0.1, 0.15) is 342 Å². The van der Waals surface area contributed by atoms with E-state index < -0.39 is 6.10 Å². The van der Waals surface area contributed by atoms with Gasteiger partial charge in [0, 0.05) is 19.3 Å². The van der Waals surface area contributed by atoms with E-state index in [9.17, 15) is 14.4 Å². The third-order valence-corrected chi connectivity index (χ3v) is 15.0. The van der Waals surface area contributed by atoms with E-state index in [4.69, 9.17) is 14.2 Å². The highest BCUT2D eigenvalue weighted by Crippen LogP contribution is 2.16. The van der Waals surface area contributed by atoms with Gasteiger partial charge in [-0.05, 0) is 128 Å². The van der Waals surface area contributed by atoms with Gasteiger partial charge in [0.1, 0.15) is 13.2 Å². The fraction of sp³-hybridized carbons (Fsp3) is 0.747. The molecule has 0 aromatic carbocycles. The number of esters is 3. The summed E-state index contributed by atoms with van der Waals surface area (Å²) in [6.45, 7) is 6.62. The van der Waals surface area contributed by atoms with E-state index >= 15 is 0 Å². The van der Waals surface area contributed by atoms with Crippen molar-refractivity contribution in [3.05, 3.63) is 97.2 Å². The molecular weight excluding hydrogens is 997 g/mol. The molecule has 0 bridgehead atoms. The fourth-order valence-electron chi connectivity index (χ4n) is 9.78. The molecule has 466 valence electrons. The van der Waals surface area contributed by atoms with Crippen LogP contribution in [0.5, 0.6) is 0 Å². The first kappa shape index (κ1) is 77.3. The van der Waals surface area contributed by atoms with Crippen LogP contribution < -0.4 is 0 Å². The van der Waals surface area contributed by atoms with Crippen LogP contribution >= 0.6 is 0 Å². The van der Waals surface area contributed by atoms with Gasteiger partial charge >= 0.3 is 17.9 Å². The Hall–Kier alpha value is -3.67. The highest BCUT2D eigenvalue weighted by atomic mass is 16.6. The Balaban J connectivity index is 4.45. The lowest BCUT2D eigenvalue weighted by molar-refractivity contribution is -0.167. The standard InChI is InChI=1S/C75H130O6/c1-4-7-10-13-16-19-22-25-28-31-34-37-40-43-46-49-52-55-58-61-64-67-73(76)79-70-72(81-75(78)69-66-63-60-57-54-51-48-45-42-39-36-33-30-27-24-21-18-15-12-9-6-3)71-80-74(77)68-65-62-59-56-53-50-47-44-41-38-35-32-29-26-23-20-17-14-11-8-5-2/h22-27,31-36,40,42-43,45,72H,4-21,28-30,37-39,41,44,46-71H2,1-3H3/b25-22-,26-23-,27-24-,34-31-,35-32-,36-33-,43-40-,45-42-. The normalized spacial score (nSPS) is 12.7. The molecule has 0 aliphatic rings. The molecule has 0 spiro atoms. The molecular formula is C75H130O6. The summed E-state index contributed by atoms with van der Waals surface area (Å²) in [5.41, 5.74) is 0. The average molecular weight is 1130 g/mol. The second-order valence-corrected chi connectivity index (χ2v) is 23.1. The van der Waals surface area contributed by atoms with Gasteiger partial charge < -0.3 is 14.2 Å². The molecule has 0 rings (SSSR count). The number of hydrogen-bond acceptors (Lipinski definition) is 6. The lowest BCUT2D eigenvalue weighted by Gasteiger charge is -2.18. The Bertz CT molecular complexity index is 1580. The lowest BCUT2D eigenvalue weighted by Crippen LogP contribution is -2.30. The zero-order valence-corrected chi connectivity index (χ0v) is 53.5. The van der Waals surface area contributed by atoms with Crippen LogP contribution in [-0.2, 0) is 28.6 Å². The lowest BCUT2D eigenvalue weighted by atomic mass is 10.1. The Kier molecular flexibility index (Phi) is 65.7. The quantitative estimate of drug-likeness (QED) is 0.0261. The zero-order chi connectivity index (χ0) is 58.5. The Morgan fingerprint density at radius 3 is 0.691 bits per heavy atom. The molecule has 81 heavy (non-hydrogen) atoms. The van der Waals surface area contributed by atoms with E-state index in [1.807, 2.05) is 0 Å². The van der Waals surface area contributed by atoms with Crippen LogP contribution in [-0.4, -0.2) is 37.2 Å². The van der Waals surface area contributed by atoms with E-state index in [0.717, 1.165) is 109 Å². The molecule has 0 amide bonds. The van der Waals surface area contributed by atoms with Crippen molar-refractivity contribution in [2.45, 2.75) is 348 Å². The maximum atomic E-state index is 13.0. The first-order valence-corrected chi connectivity index (χ1v) is 34.7. The second kappa shape index (κ2) is 68.8. The van der Waals surface area contributed by atoms with Gasteiger partial charge in [0.05, 0.1) is 0 Å². The molecule has 0 N–H and O–H groups in total. The molecule has 6 heteroatoms. The Labute approximate surface area is 502 Å². The number of ether oxygens (including phenoxy) is 3. The predicted molar refractivity (Wildman–Crippen MR) is 353 cm³/mol. The van der Waals surface area contributed by atoms with Gasteiger partial charge in [-0.1, -0.05) is 291 Å². The number of allylic oxidation sites excluding steroid dienone is 16. The molecule has 0 aliphatic heterocycles. The van der Waals surface area contributed by atoms with Crippen molar-refractivity contribution in [1.29, 1.82) is 0 Å². The molecule has 1 atom stereocenters. The Morgan fingerprint density at radius 1 is 0.247 bits per heavy atom. The highest BCUT2D eigenvalue weighted by molar-refractivity contribution is 5.71. The summed E-state index contributed by atoms with van der Waals surface area (Å²) < 4.78 is 17.0. The predicted octanol–water partition coefficient (Wildman–Crippen LogP) is 24.0. The van der Waals surface area contributed by atoms with Crippen LogP contribution in [0.2, 0.25) is 0 Å². The summed E-state index contributed by atoms with van der Waals surface area (Å²) in [7, 11) is 0. The molecule has 0 saturated heterocycles. The van der Waals surface area contributed by atoms with Crippen LogP contribution in [0.15, 0.2) is 97.2 Å². The van der Waals surface area contributed by atoms with Crippen LogP contribution in [0.3, 0.4) is 0 Å². The minimum Gasteiger partial charge on any atom is -0.462 e. The van der Waals surface area contributed by atoms with Gasteiger partial charge in [-0.3, -0.25) is 14.4 Å². The van der Waals surface area contributed by atoms with Crippen LogP contribution in [0.25, 0.3) is 0 Å². The third-order valence-electron chi connectivity index (χ3n) is 15.0. The highest BCUT2D eigenvalue weighted by Gasteiger charge is 2.19. The van der Waals surface area contributed by atoms with E-state index in [0.29, 0.717) is 19.3 Å². The van der Waals surface area contributed by atoms with Gasteiger partial charge in [0.25, 0.3) is 0 Å². The molecule has 0 fully saturated rings. The number of carbonyl (C=O) groups is 3. The molecule has 6 nitrogen and oxygen atoms in total. The van der Waals surface area contributed by atoms with Crippen LogP contribution in [0, 0.1) is 0 Å². The summed E-state index contributed by atoms with van der Waals surface area (Å²) >= 11 is 0. The summed E-state index contributed by atoms with van der Waals surface area (Å²) in [5, 5.41) is 0. The van der Waals surface area contributed by atoms with E-state index in [-0.39, 0.29) is 31.1 Å². The third kappa shape index (κ3) is 67.0. The minimum atomic E-state index is -0.796. The summed E-state index contributed by atoms with van der Waals surface area (Å²) in [4.78, 5) is 38.5. The van der Waals surface area contributed by atoms with Crippen molar-refractivity contribution in [2.24, 2.45) is 0 Å². The minimum absolute atomic E-state index is 0.0891. The zero-order valence-electron chi connectivity index (χ0n) is 53.5. The number of rotatable bonds is 63. The SMILES string of the molecule is CCCCCCC/C=C\C/C=C\C/C=C\CCCCCCCCC(=O)OCC(COC(=O)CCCCCCCCCCC/C=C\C/C=C\CCCCCCC)OC(=O)CCCCCCCC/C=C\C/C=C\C/C=C\CCCCCCC. The van der Waals surface area contributed by atoms with Crippen molar-refractivity contribution in [2.75, 3.05) is 13.2 Å². The van der Waals surface area contributed by atoms with Crippen molar-refractivity contribution in [1.82, 2.24) is 0 Å². The van der Waals surface area contributed by atoms with Gasteiger partial charge in [0.2, 0.25) is 0 Å². The Morgan fingerprint density at radius 2 is 0.444 bits per heavy atom. The van der Waals surface area contributed by atoms with Gasteiger partial charge in [-0.25, -0.2) is 0 Å².